The summed E-state index contributed by atoms with van der Waals surface area (Å²) >= 11 is 0. The number of aromatic nitrogens is 1. The Hall–Kier alpha value is -1.85. The lowest BCUT2D eigenvalue weighted by atomic mass is 10.0. The van der Waals surface area contributed by atoms with Gasteiger partial charge in [-0.05, 0) is 57.5 Å². The van der Waals surface area contributed by atoms with E-state index in [1.807, 2.05) is 6.92 Å². The molecule has 1 fully saturated rings. The van der Waals surface area contributed by atoms with Crippen molar-refractivity contribution < 1.29 is 9.15 Å². The maximum absolute atomic E-state index is 5.86. The fourth-order valence-electron chi connectivity index (χ4n) is 3.35. The van der Waals surface area contributed by atoms with Crippen LogP contribution in [0.5, 0.6) is 5.75 Å². The minimum absolute atomic E-state index is 0.237. The third-order valence-electron chi connectivity index (χ3n) is 4.79. The zero-order valence-corrected chi connectivity index (χ0v) is 15.3. The molecule has 5 heteroatoms. The van der Waals surface area contributed by atoms with E-state index < -0.39 is 0 Å². The lowest BCUT2D eigenvalue weighted by Crippen LogP contribution is -2.29. The lowest BCUT2D eigenvalue weighted by molar-refractivity contribution is 0.216. The van der Waals surface area contributed by atoms with Gasteiger partial charge in [-0.15, -0.1) is 0 Å². The van der Waals surface area contributed by atoms with E-state index >= 15 is 0 Å². The Balaban J connectivity index is 1.69. The predicted octanol–water partition coefficient (Wildman–Crippen LogP) is 3.91. The second-order valence-electron chi connectivity index (χ2n) is 6.71. The molecule has 0 aliphatic carbocycles. The van der Waals surface area contributed by atoms with E-state index in [1.165, 1.54) is 49.9 Å². The second-order valence-corrected chi connectivity index (χ2v) is 6.71. The van der Waals surface area contributed by atoms with Gasteiger partial charge in [0, 0.05) is 18.2 Å². The van der Waals surface area contributed by atoms with E-state index in [9.17, 15) is 0 Å². The van der Waals surface area contributed by atoms with Gasteiger partial charge in [0.05, 0.1) is 19.3 Å². The molecule has 1 aliphatic rings. The average molecular weight is 343 g/mol. The number of piperidine rings is 1. The molecule has 0 amide bonds. The molecular weight excluding hydrogens is 314 g/mol. The molecule has 2 heterocycles. The highest BCUT2D eigenvalue weighted by Crippen LogP contribution is 2.26. The lowest BCUT2D eigenvalue weighted by Gasteiger charge is -2.27. The number of likely N-dealkylation sites (tertiary alicyclic amines) is 1. The molecule has 2 aromatic rings. The van der Waals surface area contributed by atoms with Gasteiger partial charge >= 0.3 is 0 Å². The molecule has 0 radical (unpaired) electrons. The Morgan fingerprint density at radius 1 is 1.28 bits per heavy atom. The Labute approximate surface area is 150 Å². The quantitative estimate of drug-likeness (QED) is 0.787. The first kappa shape index (κ1) is 18.0. The van der Waals surface area contributed by atoms with Crippen LogP contribution in [0, 0.1) is 0 Å². The summed E-state index contributed by atoms with van der Waals surface area (Å²) in [6.45, 7) is 8.94. The van der Waals surface area contributed by atoms with Gasteiger partial charge in [0.25, 0.3) is 0 Å². The molecule has 0 bridgehead atoms. The monoisotopic (exact) mass is 343 g/mol. The molecule has 1 aromatic carbocycles. The van der Waals surface area contributed by atoms with Crippen LogP contribution in [0.4, 0.5) is 0 Å². The fraction of sp³-hybridized carbons (Fsp3) is 0.550. The molecule has 25 heavy (non-hydrogen) atoms. The van der Waals surface area contributed by atoms with Gasteiger partial charge < -0.3 is 14.5 Å². The van der Waals surface area contributed by atoms with Gasteiger partial charge in [0.1, 0.15) is 11.5 Å². The number of oxazole rings is 1. The van der Waals surface area contributed by atoms with Crippen molar-refractivity contribution in [3.8, 4) is 5.75 Å². The summed E-state index contributed by atoms with van der Waals surface area (Å²) in [7, 11) is 0. The molecule has 1 N–H and O–H groups in total. The topological polar surface area (TPSA) is 50.5 Å². The van der Waals surface area contributed by atoms with E-state index in [2.05, 4.69) is 40.3 Å². The number of ether oxygens (including phenoxy) is 1. The summed E-state index contributed by atoms with van der Waals surface area (Å²) in [4.78, 5) is 6.49. The summed E-state index contributed by atoms with van der Waals surface area (Å²) in [5, 5.41) is 3.50. The van der Waals surface area contributed by atoms with Crippen molar-refractivity contribution in [1.82, 2.24) is 15.2 Å². The minimum atomic E-state index is 0.237. The number of nitrogens with zero attached hydrogens (tertiary/aromatic N) is 2. The van der Waals surface area contributed by atoms with Crippen molar-refractivity contribution in [2.45, 2.75) is 52.2 Å². The van der Waals surface area contributed by atoms with Crippen LogP contribution in [0.25, 0.3) is 0 Å². The molecule has 1 saturated heterocycles. The Morgan fingerprint density at radius 3 is 2.84 bits per heavy atom. The maximum Gasteiger partial charge on any atom is 0.180 e. The maximum atomic E-state index is 5.86. The average Bonchev–Trinajstić information content (AvgIpc) is 3.16. The number of hydrogen-bond acceptors (Lipinski definition) is 5. The van der Waals surface area contributed by atoms with E-state index in [0.29, 0.717) is 13.2 Å². The smallest absolute Gasteiger partial charge is 0.180 e. The van der Waals surface area contributed by atoms with E-state index in [4.69, 9.17) is 9.15 Å². The zero-order chi connectivity index (χ0) is 17.5. The first-order valence-corrected chi connectivity index (χ1v) is 9.35. The number of benzene rings is 1. The fourth-order valence-corrected chi connectivity index (χ4v) is 3.35. The molecule has 1 atom stereocenters. The van der Waals surface area contributed by atoms with Crippen molar-refractivity contribution in [2.75, 3.05) is 19.7 Å². The van der Waals surface area contributed by atoms with Crippen LogP contribution in [0.3, 0.4) is 0 Å². The van der Waals surface area contributed by atoms with Crippen LogP contribution < -0.4 is 10.1 Å². The molecule has 1 aromatic heterocycles. The first-order chi connectivity index (χ1) is 12.3. The third kappa shape index (κ3) is 5.06. The second kappa shape index (κ2) is 9.02. The van der Waals surface area contributed by atoms with Gasteiger partial charge in [-0.25, -0.2) is 4.98 Å². The van der Waals surface area contributed by atoms with Crippen LogP contribution in [0.1, 0.15) is 56.0 Å². The van der Waals surface area contributed by atoms with Gasteiger partial charge in [-0.3, -0.25) is 4.90 Å². The Morgan fingerprint density at radius 2 is 2.12 bits per heavy atom. The highest BCUT2D eigenvalue weighted by atomic mass is 16.5. The van der Waals surface area contributed by atoms with Crippen molar-refractivity contribution in [2.24, 2.45) is 0 Å². The highest BCUT2D eigenvalue weighted by Gasteiger charge is 2.15. The Kier molecular flexibility index (Phi) is 6.48. The van der Waals surface area contributed by atoms with Crippen LogP contribution in [-0.2, 0) is 13.1 Å². The SMILES string of the molecule is CCOc1ccc(C(C)NCc2cnco2)cc1CN1CCCCC1. The molecule has 1 unspecified atom stereocenters. The standard InChI is InChI=1S/C20H29N3O2/c1-3-24-20-8-7-17(16(2)22-13-19-12-21-15-25-19)11-18(20)14-23-9-5-4-6-10-23/h7-8,11-12,15-16,22H,3-6,9-10,13-14H2,1-2H3. The number of rotatable bonds is 8. The molecule has 1 aliphatic heterocycles. The molecular formula is C20H29N3O2. The van der Waals surface area contributed by atoms with Crippen molar-refractivity contribution in [1.29, 1.82) is 0 Å². The van der Waals surface area contributed by atoms with Gasteiger partial charge in [0.2, 0.25) is 0 Å². The van der Waals surface area contributed by atoms with Gasteiger partial charge in [-0.2, -0.15) is 0 Å². The van der Waals surface area contributed by atoms with Crippen molar-refractivity contribution in [3.05, 3.63) is 47.7 Å². The zero-order valence-electron chi connectivity index (χ0n) is 15.3. The van der Waals surface area contributed by atoms with Gasteiger partial charge in [0.15, 0.2) is 6.39 Å². The summed E-state index contributed by atoms with van der Waals surface area (Å²) < 4.78 is 11.2. The molecule has 0 saturated carbocycles. The summed E-state index contributed by atoms with van der Waals surface area (Å²) in [6.07, 6.45) is 7.18. The predicted molar refractivity (Wildman–Crippen MR) is 98.5 cm³/mol. The molecule has 3 rings (SSSR count). The highest BCUT2D eigenvalue weighted by molar-refractivity contribution is 5.38. The molecule has 5 nitrogen and oxygen atoms in total. The normalized spacial score (nSPS) is 16.7. The van der Waals surface area contributed by atoms with Crippen LogP contribution >= 0.6 is 0 Å². The van der Waals surface area contributed by atoms with Crippen LogP contribution in [-0.4, -0.2) is 29.6 Å². The number of nitrogens with one attached hydrogen (secondary N) is 1. The number of hydrogen-bond donors (Lipinski definition) is 1. The van der Waals surface area contributed by atoms with Crippen LogP contribution in [0.2, 0.25) is 0 Å². The first-order valence-electron chi connectivity index (χ1n) is 9.35. The van der Waals surface area contributed by atoms with E-state index in [-0.39, 0.29) is 6.04 Å². The Bertz CT molecular complexity index is 636. The molecule has 0 spiro atoms. The van der Waals surface area contributed by atoms with E-state index in [0.717, 1.165) is 18.1 Å². The summed E-state index contributed by atoms with van der Waals surface area (Å²) in [6, 6.07) is 6.80. The molecule has 136 valence electrons. The summed E-state index contributed by atoms with van der Waals surface area (Å²) in [5.41, 5.74) is 2.56. The third-order valence-corrected chi connectivity index (χ3v) is 4.79. The van der Waals surface area contributed by atoms with Gasteiger partial charge in [-0.1, -0.05) is 12.5 Å². The van der Waals surface area contributed by atoms with Crippen molar-refractivity contribution in [3.63, 3.8) is 0 Å². The van der Waals surface area contributed by atoms with Crippen molar-refractivity contribution >= 4 is 0 Å². The van der Waals surface area contributed by atoms with E-state index in [1.54, 1.807) is 6.20 Å². The summed E-state index contributed by atoms with van der Waals surface area (Å²) in [5.74, 6) is 1.87. The van der Waals surface area contributed by atoms with Crippen LogP contribution in [0.15, 0.2) is 35.2 Å². The largest absolute Gasteiger partial charge is 0.494 e. The minimum Gasteiger partial charge on any atom is -0.494 e.